The Morgan fingerprint density at radius 1 is 1.31 bits per heavy atom. The smallest absolute Gasteiger partial charge is 0.255 e. The first-order valence-electron chi connectivity index (χ1n) is 11.3. The van der Waals surface area contributed by atoms with Crippen molar-refractivity contribution >= 4 is 29.0 Å². The van der Waals surface area contributed by atoms with Crippen LogP contribution in [0.2, 0.25) is 0 Å². The fourth-order valence-corrected chi connectivity index (χ4v) is 4.86. The SMILES string of the molecule is COc1c(F)cccc1Nc1c(-c2ccnc(SC)n2)[nH]c2c1C(=O)NCC2C[C@H]1COCCO1. The highest BCUT2D eigenvalue weighted by Crippen LogP contribution is 2.42. The van der Waals surface area contributed by atoms with E-state index in [0.29, 0.717) is 66.3 Å². The fourth-order valence-electron chi connectivity index (χ4n) is 4.50. The number of fused-ring (bicyclic) bond motifs is 1. The van der Waals surface area contributed by atoms with E-state index in [1.807, 2.05) is 6.26 Å². The number of para-hydroxylation sites is 1. The van der Waals surface area contributed by atoms with Gasteiger partial charge in [0.05, 0.1) is 61.4 Å². The number of hydrogen-bond donors (Lipinski definition) is 3. The number of ether oxygens (including phenoxy) is 3. The lowest BCUT2D eigenvalue weighted by Crippen LogP contribution is -2.38. The molecule has 3 N–H and O–H groups in total. The van der Waals surface area contributed by atoms with Gasteiger partial charge in [0.1, 0.15) is 0 Å². The van der Waals surface area contributed by atoms with Crippen LogP contribution in [0.25, 0.3) is 11.4 Å². The third kappa shape index (κ3) is 4.71. The number of nitrogens with one attached hydrogen (secondary N) is 3. The zero-order valence-electron chi connectivity index (χ0n) is 19.4. The Balaban J connectivity index is 1.62. The normalized spacial score (nSPS) is 19.7. The van der Waals surface area contributed by atoms with E-state index in [2.05, 4.69) is 25.6 Å². The second-order valence-corrected chi connectivity index (χ2v) is 9.02. The average Bonchev–Trinajstić information content (AvgIpc) is 3.27. The number of rotatable bonds is 7. The number of aromatic nitrogens is 3. The number of methoxy groups -OCH3 is 1. The Morgan fingerprint density at radius 3 is 2.97 bits per heavy atom. The van der Waals surface area contributed by atoms with E-state index >= 15 is 0 Å². The molecule has 1 fully saturated rings. The number of benzene rings is 1. The lowest BCUT2D eigenvalue weighted by molar-refractivity contribution is -0.0928. The first kappa shape index (κ1) is 23.6. The summed E-state index contributed by atoms with van der Waals surface area (Å²) in [6.07, 6.45) is 4.18. The number of carbonyl (C=O) groups is 1. The summed E-state index contributed by atoms with van der Waals surface area (Å²) in [6, 6.07) is 6.38. The Morgan fingerprint density at radius 2 is 2.20 bits per heavy atom. The van der Waals surface area contributed by atoms with Crippen molar-refractivity contribution in [2.45, 2.75) is 23.6 Å². The molecule has 5 rings (SSSR count). The van der Waals surface area contributed by atoms with Gasteiger partial charge in [-0.1, -0.05) is 17.8 Å². The standard InChI is InChI=1S/C24H26FN5O4S/c1-32-22-15(25)4-3-5-17(22)28-21-18-19(30-20(21)16-6-7-26-24(29-16)35-2)13(11-27-23(18)31)10-14-12-33-8-9-34-14/h3-7,13-14,28,30H,8-12H2,1-2H3,(H,27,31)/t13?,14-/m0/s1. The van der Waals surface area contributed by atoms with Crippen LogP contribution in [-0.2, 0) is 9.47 Å². The molecule has 2 atom stereocenters. The Labute approximate surface area is 206 Å². The van der Waals surface area contributed by atoms with Gasteiger partial charge in [0.25, 0.3) is 5.91 Å². The molecular formula is C24H26FN5O4S. The van der Waals surface area contributed by atoms with Crippen LogP contribution in [-0.4, -0.2) is 66.7 Å². The Kier molecular flexibility index (Phi) is 6.89. The van der Waals surface area contributed by atoms with Crippen molar-refractivity contribution in [1.82, 2.24) is 20.3 Å². The molecule has 35 heavy (non-hydrogen) atoms. The molecule has 0 saturated carbocycles. The maximum atomic E-state index is 14.4. The second-order valence-electron chi connectivity index (χ2n) is 8.25. The number of amides is 1. The van der Waals surface area contributed by atoms with Crippen molar-refractivity contribution in [3.63, 3.8) is 0 Å². The number of H-pyrrole nitrogens is 1. The highest BCUT2D eigenvalue weighted by Gasteiger charge is 2.35. The average molecular weight is 500 g/mol. The third-order valence-electron chi connectivity index (χ3n) is 6.11. The van der Waals surface area contributed by atoms with Crippen molar-refractivity contribution in [2.24, 2.45) is 0 Å². The molecule has 0 spiro atoms. The van der Waals surface area contributed by atoms with Crippen LogP contribution in [0.3, 0.4) is 0 Å². The van der Waals surface area contributed by atoms with Gasteiger partial charge < -0.3 is 29.8 Å². The number of hydrogen-bond acceptors (Lipinski definition) is 8. The van der Waals surface area contributed by atoms with Gasteiger partial charge in [-0.25, -0.2) is 14.4 Å². The van der Waals surface area contributed by atoms with E-state index in [4.69, 9.17) is 14.2 Å². The number of nitrogens with zero attached hydrogens (tertiary/aromatic N) is 2. The summed E-state index contributed by atoms with van der Waals surface area (Å²) in [7, 11) is 1.40. The van der Waals surface area contributed by atoms with Gasteiger partial charge in [-0.05, 0) is 30.9 Å². The van der Waals surface area contributed by atoms with Gasteiger partial charge in [0, 0.05) is 24.4 Å². The summed E-state index contributed by atoms with van der Waals surface area (Å²) in [5.74, 6) is -0.704. The molecule has 0 aliphatic carbocycles. The summed E-state index contributed by atoms with van der Waals surface area (Å²) in [5.41, 5.74) is 3.36. The minimum Gasteiger partial charge on any atom is -0.492 e. The summed E-state index contributed by atoms with van der Waals surface area (Å²) in [5, 5.41) is 6.84. The molecule has 1 saturated heterocycles. The molecule has 1 amide bonds. The van der Waals surface area contributed by atoms with E-state index < -0.39 is 5.82 Å². The minimum atomic E-state index is -0.507. The molecule has 2 aliphatic heterocycles. The fraction of sp³-hybridized carbons (Fsp3) is 0.375. The number of anilines is 2. The number of aromatic amines is 1. The van der Waals surface area contributed by atoms with E-state index in [-0.39, 0.29) is 23.7 Å². The zero-order valence-corrected chi connectivity index (χ0v) is 20.2. The number of thioether (sulfide) groups is 1. The molecule has 0 radical (unpaired) electrons. The lowest BCUT2D eigenvalue weighted by Gasteiger charge is -2.29. The van der Waals surface area contributed by atoms with Gasteiger partial charge in [0.2, 0.25) is 0 Å². The maximum absolute atomic E-state index is 14.4. The topological polar surface area (TPSA) is 110 Å². The van der Waals surface area contributed by atoms with Crippen LogP contribution in [0.5, 0.6) is 5.75 Å². The van der Waals surface area contributed by atoms with Gasteiger partial charge in [-0.3, -0.25) is 4.79 Å². The molecule has 0 bridgehead atoms. The summed E-state index contributed by atoms with van der Waals surface area (Å²) in [4.78, 5) is 25.5. The molecule has 9 nitrogen and oxygen atoms in total. The summed E-state index contributed by atoms with van der Waals surface area (Å²) < 4.78 is 31.2. The molecule has 4 heterocycles. The van der Waals surface area contributed by atoms with Gasteiger partial charge in [-0.15, -0.1) is 0 Å². The molecule has 11 heteroatoms. The van der Waals surface area contributed by atoms with Crippen LogP contribution in [0.1, 0.15) is 28.4 Å². The zero-order chi connectivity index (χ0) is 24.4. The second kappa shape index (κ2) is 10.2. The van der Waals surface area contributed by atoms with Crippen molar-refractivity contribution < 1.29 is 23.4 Å². The Bertz CT molecular complexity index is 1230. The molecular weight excluding hydrogens is 473 g/mol. The predicted octanol–water partition coefficient (Wildman–Crippen LogP) is 3.72. The maximum Gasteiger partial charge on any atom is 0.255 e. The third-order valence-corrected chi connectivity index (χ3v) is 6.67. The van der Waals surface area contributed by atoms with Gasteiger partial charge in [-0.2, -0.15) is 0 Å². The van der Waals surface area contributed by atoms with Crippen LogP contribution in [0.4, 0.5) is 15.8 Å². The lowest BCUT2D eigenvalue weighted by atomic mass is 9.91. The Hall–Kier alpha value is -3.15. The molecule has 1 unspecified atom stereocenters. The van der Waals surface area contributed by atoms with E-state index in [9.17, 15) is 9.18 Å². The van der Waals surface area contributed by atoms with Crippen LogP contribution in [0.15, 0.2) is 35.6 Å². The van der Waals surface area contributed by atoms with Crippen LogP contribution < -0.4 is 15.4 Å². The highest BCUT2D eigenvalue weighted by atomic mass is 32.2. The van der Waals surface area contributed by atoms with Crippen LogP contribution >= 0.6 is 11.8 Å². The molecule has 184 valence electrons. The largest absolute Gasteiger partial charge is 0.492 e. The summed E-state index contributed by atoms with van der Waals surface area (Å²) >= 11 is 1.42. The molecule has 2 aromatic heterocycles. The number of carbonyl (C=O) groups excluding carboxylic acids is 1. The quantitative estimate of drug-likeness (QED) is 0.333. The minimum absolute atomic E-state index is 0.0278. The van der Waals surface area contributed by atoms with E-state index in [1.165, 1.54) is 24.9 Å². The highest BCUT2D eigenvalue weighted by molar-refractivity contribution is 7.98. The van der Waals surface area contributed by atoms with Gasteiger partial charge in [0.15, 0.2) is 16.7 Å². The number of halogens is 1. The van der Waals surface area contributed by atoms with Crippen molar-refractivity contribution in [3.8, 4) is 17.1 Å². The molecule has 3 aromatic rings. The first-order valence-corrected chi connectivity index (χ1v) is 12.5. The summed E-state index contributed by atoms with van der Waals surface area (Å²) in [6.45, 7) is 2.12. The monoisotopic (exact) mass is 499 g/mol. The molecule has 2 aliphatic rings. The van der Waals surface area contributed by atoms with Crippen LogP contribution in [0, 0.1) is 5.82 Å². The molecule has 1 aromatic carbocycles. The van der Waals surface area contributed by atoms with Crippen molar-refractivity contribution in [1.29, 1.82) is 0 Å². The van der Waals surface area contributed by atoms with E-state index in [0.717, 1.165) is 5.69 Å². The van der Waals surface area contributed by atoms with Crippen molar-refractivity contribution in [3.05, 3.63) is 47.5 Å². The van der Waals surface area contributed by atoms with Crippen molar-refractivity contribution in [2.75, 3.05) is 45.0 Å². The van der Waals surface area contributed by atoms with Gasteiger partial charge >= 0.3 is 0 Å². The first-order chi connectivity index (χ1) is 17.1. The predicted molar refractivity (Wildman–Crippen MR) is 130 cm³/mol. The van der Waals surface area contributed by atoms with E-state index in [1.54, 1.807) is 24.4 Å².